The number of hydrogen-bond donors (Lipinski definition) is 2. The summed E-state index contributed by atoms with van der Waals surface area (Å²) in [5, 5.41) is 5.86. The number of nitrogens with zero attached hydrogens (tertiary/aromatic N) is 3. The fourth-order valence-electron chi connectivity index (χ4n) is 2.73. The Bertz CT molecular complexity index is 643. The third-order valence-corrected chi connectivity index (χ3v) is 3.94. The number of carbonyl (C=O) groups is 1. The van der Waals surface area contributed by atoms with Crippen molar-refractivity contribution in [2.45, 2.75) is 25.0 Å². The first-order valence-corrected chi connectivity index (χ1v) is 7.76. The van der Waals surface area contributed by atoms with Crippen molar-refractivity contribution in [1.29, 1.82) is 0 Å². The smallest absolute Gasteiger partial charge is 0.315 e. The number of aromatic nitrogens is 3. The van der Waals surface area contributed by atoms with Crippen LogP contribution in [-0.2, 0) is 18.2 Å². The molecule has 2 N–H and O–H groups in total. The Balaban J connectivity index is 1.48. The molecule has 3 heterocycles. The second-order valence-electron chi connectivity index (χ2n) is 5.59. The maximum atomic E-state index is 12.1. The van der Waals surface area contributed by atoms with Crippen LogP contribution in [0.5, 0.6) is 0 Å². The summed E-state index contributed by atoms with van der Waals surface area (Å²) in [5.41, 5.74) is 1.10. The zero-order valence-electron chi connectivity index (χ0n) is 13.1. The van der Waals surface area contributed by atoms with Gasteiger partial charge >= 0.3 is 6.03 Å². The van der Waals surface area contributed by atoms with E-state index in [0.29, 0.717) is 13.2 Å². The molecule has 0 unspecified atom stereocenters. The molecule has 0 saturated carbocycles. The Kier molecular flexibility index (Phi) is 4.87. The lowest BCUT2D eigenvalue weighted by Crippen LogP contribution is -2.44. The van der Waals surface area contributed by atoms with Crippen LogP contribution in [0.15, 0.2) is 36.9 Å². The summed E-state index contributed by atoms with van der Waals surface area (Å²) in [7, 11) is 1.93. The number of pyridine rings is 1. The predicted molar refractivity (Wildman–Crippen MR) is 84.8 cm³/mol. The van der Waals surface area contributed by atoms with Crippen molar-refractivity contribution in [3.05, 3.63) is 48.3 Å². The highest BCUT2D eigenvalue weighted by Gasteiger charge is 2.33. The standard InChI is InChI=1S/C16H21N5O2/c1-21-9-8-18-15(21)14-13(5-10-23-14)20-16(22)19-7-4-12-3-2-6-17-11-12/h2-3,6,8-9,11,13-14H,4-5,7,10H2,1H3,(H2,19,20,22)/t13-,14-/m0/s1. The van der Waals surface area contributed by atoms with Gasteiger partial charge in [-0.15, -0.1) is 0 Å². The van der Waals surface area contributed by atoms with E-state index in [9.17, 15) is 4.79 Å². The van der Waals surface area contributed by atoms with Gasteiger partial charge in [0.1, 0.15) is 11.9 Å². The molecule has 3 rings (SSSR count). The Hall–Kier alpha value is -2.41. The predicted octanol–water partition coefficient (Wildman–Crippen LogP) is 1.19. The fourth-order valence-corrected chi connectivity index (χ4v) is 2.73. The average Bonchev–Trinajstić information content (AvgIpc) is 3.17. The second-order valence-corrected chi connectivity index (χ2v) is 5.59. The first-order chi connectivity index (χ1) is 11.2. The van der Waals surface area contributed by atoms with E-state index in [-0.39, 0.29) is 18.2 Å². The summed E-state index contributed by atoms with van der Waals surface area (Å²) in [6, 6.07) is 3.65. The lowest BCUT2D eigenvalue weighted by atomic mass is 10.1. The van der Waals surface area contributed by atoms with Gasteiger partial charge in [-0.2, -0.15) is 0 Å². The number of urea groups is 1. The number of hydrogen-bond acceptors (Lipinski definition) is 4. The minimum atomic E-state index is -0.195. The number of carbonyl (C=O) groups excluding carboxylic acids is 1. The third kappa shape index (κ3) is 3.87. The van der Waals surface area contributed by atoms with Crippen LogP contribution in [0.1, 0.15) is 23.9 Å². The van der Waals surface area contributed by atoms with Gasteiger partial charge in [0, 0.05) is 45.0 Å². The van der Waals surface area contributed by atoms with Crippen molar-refractivity contribution >= 4 is 6.03 Å². The van der Waals surface area contributed by atoms with Crippen molar-refractivity contribution in [1.82, 2.24) is 25.2 Å². The number of aryl methyl sites for hydroxylation is 1. The minimum Gasteiger partial charge on any atom is -0.368 e. The van der Waals surface area contributed by atoms with Crippen molar-refractivity contribution in [3.8, 4) is 0 Å². The van der Waals surface area contributed by atoms with E-state index < -0.39 is 0 Å². The van der Waals surface area contributed by atoms with Crippen LogP contribution in [0.2, 0.25) is 0 Å². The van der Waals surface area contributed by atoms with Crippen LogP contribution in [0.25, 0.3) is 0 Å². The molecule has 0 aliphatic carbocycles. The quantitative estimate of drug-likeness (QED) is 0.868. The van der Waals surface area contributed by atoms with E-state index in [1.165, 1.54) is 0 Å². The van der Waals surface area contributed by atoms with Gasteiger partial charge in [-0.1, -0.05) is 6.07 Å². The van der Waals surface area contributed by atoms with Gasteiger partial charge in [0.2, 0.25) is 0 Å². The molecular formula is C16H21N5O2. The van der Waals surface area contributed by atoms with E-state index in [0.717, 1.165) is 24.2 Å². The molecule has 122 valence electrons. The summed E-state index contributed by atoms with van der Waals surface area (Å²) in [4.78, 5) is 20.4. The molecular weight excluding hydrogens is 294 g/mol. The van der Waals surface area contributed by atoms with Gasteiger partial charge in [-0.25, -0.2) is 9.78 Å². The van der Waals surface area contributed by atoms with Crippen LogP contribution in [0.3, 0.4) is 0 Å². The molecule has 1 aliphatic heterocycles. The number of amides is 2. The van der Waals surface area contributed by atoms with E-state index in [2.05, 4.69) is 20.6 Å². The summed E-state index contributed by atoms with van der Waals surface area (Å²) in [5.74, 6) is 0.836. The molecule has 2 aromatic heterocycles. The molecule has 23 heavy (non-hydrogen) atoms. The van der Waals surface area contributed by atoms with Crippen molar-refractivity contribution in [3.63, 3.8) is 0 Å². The van der Waals surface area contributed by atoms with Crippen LogP contribution in [0.4, 0.5) is 4.79 Å². The lowest BCUT2D eigenvalue weighted by Gasteiger charge is -2.19. The van der Waals surface area contributed by atoms with E-state index >= 15 is 0 Å². The molecule has 2 aromatic rings. The zero-order valence-corrected chi connectivity index (χ0v) is 13.1. The summed E-state index contributed by atoms with van der Waals surface area (Å²) in [6.07, 6.45) is 8.50. The molecule has 0 aromatic carbocycles. The topological polar surface area (TPSA) is 81.1 Å². The number of nitrogens with one attached hydrogen (secondary N) is 2. The summed E-state index contributed by atoms with van der Waals surface area (Å²) >= 11 is 0. The van der Waals surface area contributed by atoms with Crippen LogP contribution in [-0.4, -0.2) is 39.8 Å². The van der Waals surface area contributed by atoms with Gasteiger partial charge in [0.15, 0.2) is 0 Å². The SMILES string of the molecule is Cn1ccnc1[C@H]1OCC[C@@H]1NC(=O)NCCc1cccnc1. The number of rotatable bonds is 5. The van der Waals surface area contributed by atoms with Gasteiger partial charge in [0.25, 0.3) is 0 Å². The molecule has 1 saturated heterocycles. The first-order valence-electron chi connectivity index (χ1n) is 7.76. The van der Waals surface area contributed by atoms with Crippen molar-refractivity contribution in [2.24, 2.45) is 7.05 Å². The maximum absolute atomic E-state index is 12.1. The normalized spacial score (nSPS) is 20.4. The van der Waals surface area contributed by atoms with Gasteiger partial charge in [-0.3, -0.25) is 4.98 Å². The Morgan fingerprint density at radius 1 is 1.48 bits per heavy atom. The van der Waals surface area contributed by atoms with E-state index in [1.54, 1.807) is 12.4 Å². The second kappa shape index (κ2) is 7.23. The van der Waals surface area contributed by atoms with Crippen LogP contribution in [0, 0.1) is 0 Å². The Labute approximate surface area is 135 Å². The molecule has 7 nitrogen and oxygen atoms in total. The van der Waals surface area contributed by atoms with Crippen LogP contribution < -0.4 is 10.6 Å². The maximum Gasteiger partial charge on any atom is 0.315 e. The molecule has 1 fully saturated rings. The molecule has 1 aliphatic rings. The average molecular weight is 315 g/mol. The summed E-state index contributed by atoms with van der Waals surface area (Å²) < 4.78 is 7.65. The Morgan fingerprint density at radius 3 is 3.13 bits per heavy atom. The first kappa shape index (κ1) is 15.5. The van der Waals surface area contributed by atoms with E-state index in [4.69, 9.17) is 4.74 Å². The van der Waals surface area contributed by atoms with Crippen molar-refractivity contribution < 1.29 is 9.53 Å². The molecule has 0 radical (unpaired) electrons. The molecule has 2 atom stereocenters. The van der Waals surface area contributed by atoms with Crippen molar-refractivity contribution in [2.75, 3.05) is 13.2 Å². The Morgan fingerprint density at radius 2 is 2.39 bits per heavy atom. The monoisotopic (exact) mass is 315 g/mol. The molecule has 7 heteroatoms. The highest BCUT2D eigenvalue weighted by Crippen LogP contribution is 2.27. The molecule has 2 amide bonds. The van der Waals surface area contributed by atoms with Gasteiger partial charge < -0.3 is 19.9 Å². The minimum absolute atomic E-state index is 0.0607. The lowest BCUT2D eigenvalue weighted by molar-refractivity contribution is 0.0908. The largest absolute Gasteiger partial charge is 0.368 e. The number of imidazole rings is 1. The summed E-state index contributed by atoms with van der Waals surface area (Å²) in [6.45, 7) is 1.19. The van der Waals surface area contributed by atoms with Gasteiger partial charge in [-0.05, 0) is 24.5 Å². The van der Waals surface area contributed by atoms with Gasteiger partial charge in [0.05, 0.1) is 6.04 Å². The molecule has 0 bridgehead atoms. The highest BCUT2D eigenvalue weighted by molar-refractivity contribution is 5.74. The van der Waals surface area contributed by atoms with Crippen LogP contribution >= 0.6 is 0 Å². The highest BCUT2D eigenvalue weighted by atomic mass is 16.5. The molecule has 0 spiro atoms. The third-order valence-electron chi connectivity index (χ3n) is 3.94. The fraction of sp³-hybridized carbons (Fsp3) is 0.438. The van der Waals surface area contributed by atoms with E-state index in [1.807, 2.05) is 36.1 Å². The zero-order chi connectivity index (χ0) is 16.1. The number of ether oxygens (including phenoxy) is 1.